The molecule has 8 heteroatoms. The van der Waals surface area contributed by atoms with Gasteiger partial charge in [-0.3, -0.25) is 9.59 Å². The number of methoxy groups -OCH3 is 1. The lowest BCUT2D eigenvalue weighted by Crippen LogP contribution is -2.33. The summed E-state index contributed by atoms with van der Waals surface area (Å²) in [6.07, 6.45) is 1.53. The van der Waals surface area contributed by atoms with Crippen molar-refractivity contribution in [3.05, 3.63) is 53.7 Å². The first kappa shape index (κ1) is 17.8. The molecule has 1 aliphatic rings. The normalized spacial score (nSPS) is 19.5. The van der Waals surface area contributed by atoms with Crippen LogP contribution in [0.4, 0.5) is 14.5 Å². The van der Waals surface area contributed by atoms with E-state index >= 15 is 0 Å². The molecule has 0 bridgehead atoms. The number of hydrogen-bond acceptors (Lipinski definition) is 4. The van der Waals surface area contributed by atoms with Crippen LogP contribution in [0.2, 0.25) is 0 Å². The number of hydrogen-bond donors (Lipinski definition) is 1. The molecule has 1 fully saturated rings. The van der Waals surface area contributed by atoms with Crippen molar-refractivity contribution < 1.29 is 23.1 Å². The second-order valence-corrected chi connectivity index (χ2v) is 6.03. The van der Waals surface area contributed by atoms with Gasteiger partial charge in [0.25, 0.3) is 0 Å². The monoisotopic (exact) mass is 361 g/mol. The van der Waals surface area contributed by atoms with Crippen LogP contribution in [0.3, 0.4) is 0 Å². The maximum absolute atomic E-state index is 13.8. The van der Waals surface area contributed by atoms with Crippen molar-refractivity contribution in [1.82, 2.24) is 9.88 Å². The van der Waals surface area contributed by atoms with E-state index in [0.29, 0.717) is 18.0 Å². The predicted octanol–water partition coefficient (Wildman–Crippen LogP) is 2.18. The van der Waals surface area contributed by atoms with Gasteiger partial charge in [-0.2, -0.15) is 0 Å². The van der Waals surface area contributed by atoms with Gasteiger partial charge in [-0.05, 0) is 23.8 Å². The molecule has 2 amide bonds. The molecule has 1 saturated heterocycles. The number of likely N-dealkylation sites (N-methyl/N-ethyl adjacent to an activating group) is 1. The van der Waals surface area contributed by atoms with E-state index in [-0.39, 0.29) is 11.6 Å². The predicted molar refractivity (Wildman–Crippen MR) is 89.6 cm³/mol. The number of rotatable bonds is 4. The van der Waals surface area contributed by atoms with E-state index in [2.05, 4.69) is 10.3 Å². The number of halogens is 2. The lowest BCUT2D eigenvalue weighted by atomic mass is 9.88. The second kappa shape index (κ2) is 7.07. The number of nitrogens with zero attached hydrogens (tertiary/aromatic N) is 2. The van der Waals surface area contributed by atoms with Gasteiger partial charge in [-0.25, -0.2) is 13.8 Å². The SMILES string of the molecule is COc1cc([C@@H]2CN(C)C(=O)[C@H]2C(=O)Nc2cccc(F)c2F)ccn1. The average Bonchev–Trinajstić information content (AvgIpc) is 2.94. The topological polar surface area (TPSA) is 71.5 Å². The third-order valence-electron chi connectivity index (χ3n) is 4.40. The number of benzene rings is 1. The third kappa shape index (κ3) is 3.22. The maximum Gasteiger partial charge on any atom is 0.237 e. The summed E-state index contributed by atoms with van der Waals surface area (Å²) >= 11 is 0. The van der Waals surface area contributed by atoms with E-state index in [0.717, 1.165) is 6.07 Å². The summed E-state index contributed by atoms with van der Waals surface area (Å²) in [4.78, 5) is 30.6. The van der Waals surface area contributed by atoms with Crippen LogP contribution in [0.25, 0.3) is 0 Å². The Morgan fingerprint density at radius 3 is 2.85 bits per heavy atom. The standard InChI is InChI=1S/C18H17F2N3O3/c1-23-9-11(10-6-7-21-14(8-10)26-2)15(18(23)25)17(24)22-13-5-3-4-12(19)16(13)20/h3-8,11,15H,9H2,1-2H3,(H,22,24)/t11-,15+/m0/s1. The fourth-order valence-electron chi connectivity index (χ4n) is 3.07. The Labute approximate surface area is 148 Å². The Morgan fingerprint density at radius 1 is 1.35 bits per heavy atom. The van der Waals surface area contributed by atoms with Gasteiger partial charge in [0.15, 0.2) is 11.6 Å². The van der Waals surface area contributed by atoms with Crippen molar-refractivity contribution in [3.63, 3.8) is 0 Å². The van der Waals surface area contributed by atoms with E-state index in [9.17, 15) is 18.4 Å². The van der Waals surface area contributed by atoms with E-state index in [1.807, 2.05) is 0 Å². The minimum atomic E-state index is -1.17. The van der Waals surface area contributed by atoms with Crippen LogP contribution in [0.1, 0.15) is 11.5 Å². The molecule has 0 aliphatic carbocycles. The highest BCUT2D eigenvalue weighted by Crippen LogP contribution is 2.35. The Hall–Kier alpha value is -3.03. The number of pyridine rings is 1. The summed E-state index contributed by atoms with van der Waals surface area (Å²) in [5.74, 6) is -4.48. The van der Waals surface area contributed by atoms with Crippen LogP contribution >= 0.6 is 0 Å². The highest BCUT2D eigenvalue weighted by atomic mass is 19.2. The number of carbonyl (C=O) groups is 2. The Bertz CT molecular complexity index is 859. The fourth-order valence-corrected chi connectivity index (χ4v) is 3.07. The number of ether oxygens (including phenoxy) is 1. The molecule has 0 spiro atoms. The van der Waals surface area contributed by atoms with Crippen LogP contribution in [0.5, 0.6) is 5.88 Å². The minimum Gasteiger partial charge on any atom is -0.481 e. The summed E-state index contributed by atoms with van der Waals surface area (Å²) in [5, 5.41) is 2.32. The maximum atomic E-state index is 13.8. The first-order valence-electron chi connectivity index (χ1n) is 7.92. The van der Waals surface area contributed by atoms with Crippen molar-refractivity contribution in [2.45, 2.75) is 5.92 Å². The van der Waals surface area contributed by atoms with Gasteiger partial charge in [-0.1, -0.05) is 6.07 Å². The molecule has 0 radical (unpaired) electrons. The smallest absolute Gasteiger partial charge is 0.237 e. The van der Waals surface area contributed by atoms with Gasteiger partial charge >= 0.3 is 0 Å². The summed E-state index contributed by atoms with van der Waals surface area (Å²) in [6, 6.07) is 6.82. The first-order chi connectivity index (χ1) is 12.4. The van der Waals surface area contributed by atoms with Crippen LogP contribution < -0.4 is 10.1 Å². The van der Waals surface area contributed by atoms with Crippen molar-refractivity contribution >= 4 is 17.5 Å². The van der Waals surface area contributed by atoms with E-state index in [1.54, 1.807) is 19.2 Å². The number of carbonyl (C=O) groups excluding carboxylic acids is 2. The minimum absolute atomic E-state index is 0.302. The molecule has 1 N–H and O–H groups in total. The Morgan fingerprint density at radius 2 is 2.12 bits per heavy atom. The van der Waals surface area contributed by atoms with Gasteiger partial charge in [0.05, 0.1) is 12.8 Å². The number of nitrogens with one attached hydrogen (secondary N) is 1. The highest BCUT2D eigenvalue weighted by Gasteiger charge is 2.44. The summed E-state index contributed by atoms with van der Waals surface area (Å²) in [5.41, 5.74) is 0.401. The molecule has 2 atom stereocenters. The molecular weight excluding hydrogens is 344 g/mol. The van der Waals surface area contributed by atoms with Gasteiger partial charge in [0, 0.05) is 31.8 Å². The molecule has 136 valence electrons. The zero-order chi connectivity index (χ0) is 18.8. The number of amides is 2. The van der Waals surface area contributed by atoms with Crippen molar-refractivity contribution in [2.75, 3.05) is 26.0 Å². The zero-order valence-corrected chi connectivity index (χ0v) is 14.2. The number of anilines is 1. The van der Waals surface area contributed by atoms with Crippen LogP contribution in [0, 0.1) is 17.6 Å². The molecule has 1 aliphatic heterocycles. The summed E-state index contributed by atoms with van der Waals surface area (Å²) in [6.45, 7) is 0.315. The van der Waals surface area contributed by atoms with Gasteiger partial charge in [0.1, 0.15) is 5.92 Å². The van der Waals surface area contributed by atoms with Crippen molar-refractivity contribution in [1.29, 1.82) is 0 Å². The van der Waals surface area contributed by atoms with E-state index < -0.39 is 29.4 Å². The molecular formula is C18H17F2N3O3. The molecule has 3 rings (SSSR count). The van der Waals surface area contributed by atoms with Gasteiger partial charge in [-0.15, -0.1) is 0 Å². The van der Waals surface area contributed by atoms with Crippen LogP contribution in [-0.2, 0) is 9.59 Å². The van der Waals surface area contributed by atoms with E-state index in [1.165, 1.54) is 30.3 Å². The molecule has 6 nitrogen and oxygen atoms in total. The fraction of sp³-hybridized carbons (Fsp3) is 0.278. The molecule has 2 aromatic rings. The van der Waals surface area contributed by atoms with Crippen LogP contribution in [-0.4, -0.2) is 42.4 Å². The number of likely N-dealkylation sites (tertiary alicyclic amines) is 1. The molecule has 0 saturated carbocycles. The summed E-state index contributed by atoms with van der Waals surface area (Å²) < 4.78 is 32.3. The molecule has 1 aromatic heterocycles. The highest BCUT2D eigenvalue weighted by molar-refractivity contribution is 6.08. The first-order valence-corrected chi connectivity index (χ1v) is 7.92. The Balaban J connectivity index is 1.90. The molecule has 2 heterocycles. The average molecular weight is 361 g/mol. The zero-order valence-electron chi connectivity index (χ0n) is 14.2. The largest absolute Gasteiger partial charge is 0.481 e. The van der Waals surface area contributed by atoms with Crippen LogP contribution in [0.15, 0.2) is 36.5 Å². The van der Waals surface area contributed by atoms with E-state index in [4.69, 9.17) is 4.74 Å². The molecule has 1 aromatic carbocycles. The molecule has 0 unspecified atom stereocenters. The molecule has 26 heavy (non-hydrogen) atoms. The quantitative estimate of drug-likeness (QED) is 0.848. The van der Waals surface area contributed by atoms with Crippen molar-refractivity contribution in [3.8, 4) is 5.88 Å². The third-order valence-corrected chi connectivity index (χ3v) is 4.40. The lowest BCUT2D eigenvalue weighted by Gasteiger charge is -2.17. The summed E-state index contributed by atoms with van der Waals surface area (Å²) in [7, 11) is 3.05. The second-order valence-electron chi connectivity index (χ2n) is 6.03. The van der Waals surface area contributed by atoms with Crippen molar-refractivity contribution in [2.24, 2.45) is 5.92 Å². The number of aromatic nitrogens is 1. The van der Waals surface area contributed by atoms with Gasteiger partial charge < -0.3 is 15.0 Å². The van der Waals surface area contributed by atoms with Gasteiger partial charge in [0.2, 0.25) is 17.7 Å². The lowest BCUT2D eigenvalue weighted by molar-refractivity contribution is -0.135. The Kier molecular flexibility index (Phi) is 4.83.